The molecule has 1 atom stereocenters. The average Bonchev–Trinajstić information content (AvgIpc) is 3.33. The molecule has 0 aliphatic carbocycles. The van der Waals surface area contributed by atoms with Gasteiger partial charge in [0.25, 0.3) is 0 Å². The lowest BCUT2D eigenvalue weighted by molar-refractivity contribution is -0.140. The second-order valence-electron chi connectivity index (χ2n) is 9.97. The van der Waals surface area contributed by atoms with Crippen LogP contribution in [0.3, 0.4) is 0 Å². The Bertz CT molecular complexity index is 1580. The van der Waals surface area contributed by atoms with E-state index in [-0.39, 0.29) is 17.5 Å². The standard InChI is InChI=1S/C27H27F3N8O2S/c1-5-19(39)35-15-7-6-8-16(11-15)41-20-13-33-24-21(38-20)17(12-32-24)23-31-10-9-18(37-23)36-22(26(2,3)4)25(40)34-14-27(28,29)30/h5-13,22H,1,14H2,2-4H3,(H,32,33)(H,34,40)(H,35,39)(H,31,36,37). The van der Waals surface area contributed by atoms with E-state index in [0.717, 1.165) is 4.90 Å². The second-order valence-corrected chi connectivity index (χ2v) is 11.1. The molecule has 3 heterocycles. The highest BCUT2D eigenvalue weighted by atomic mass is 32.2. The highest BCUT2D eigenvalue weighted by Gasteiger charge is 2.35. The van der Waals surface area contributed by atoms with Crippen molar-refractivity contribution >= 4 is 46.2 Å². The lowest BCUT2D eigenvalue weighted by Crippen LogP contribution is -2.49. The van der Waals surface area contributed by atoms with Crippen LogP contribution in [0.2, 0.25) is 0 Å². The van der Waals surface area contributed by atoms with Gasteiger partial charge in [0.2, 0.25) is 11.8 Å². The molecule has 41 heavy (non-hydrogen) atoms. The van der Waals surface area contributed by atoms with E-state index in [4.69, 9.17) is 4.98 Å². The van der Waals surface area contributed by atoms with E-state index >= 15 is 0 Å². The van der Waals surface area contributed by atoms with Crippen molar-refractivity contribution in [2.75, 3.05) is 17.2 Å². The summed E-state index contributed by atoms with van der Waals surface area (Å²) in [6.07, 6.45) is 1.39. The van der Waals surface area contributed by atoms with Crippen LogP contribution in [0.4, 0.5) is 24.7 Å². The number of hydrogen-bond donors (Lipinski definition) is 4. The fraction of sp³-hybridized carbons (Fsp3) is 0.259. The highest BCUT2D eigenvalue weighted by Crippen LogP contribution is 2.31. The number of aromatic amines is 1. The van der Waals surface area contributed by atoms with E-state index < -0.39 is 30.1 Å². The summed E-state index contributed by atoms with van der Waals surface area (Å²) in [7, 11) is 0. The fourth-order valence-corrected chi connectivity index (χ4v) is 4.54. The Labute approximate surface area is 237 Å². The summed E-state index contributed by atoms with van der Waals surface area (Å²) in [4.78, 5) is 46.1. The van der Waals surface area contributed by atoms with E-state index in [9.17, 15) is 22.8 Å². The van der Waals surface area contributed by atoms with Gasteiger partial charge in [-0.25, -0.2) is 19.9 Å². The lowest BCUT2D eigenvalue weighted by atomic mass is 9.86. The first-order chi connectivity index (χ1) is 19.3. The van der Waals surface area contributed by atoms with E-state index in [1.165, 1.54) is 30.1 Å². The van der Waals surface area contributed by atoms with Crippen molar-refractivity contribution in [2.45, 2.75) is 42.9 Å². The van der Waals surface area contributed by atoms with Crippen LogP contribution in [-0.2, 0) is 9.59 Å². The number of rotatable bonds is 9. The maximum Gasteiger partial charge on any atom is 0.405 e. The average molecular weight is 585 g/mol. The molecular formula is C27H27F3N8O2S. The third-order valence-electron chi connectivity index (χ3n) is 5.65. The van der Waals surface area contributed by atoms with Crippen LogP contribution >= 0.6 is 11.8 Å². The number of amides is 2. The van der Waals surface area contributed by atoms with Gasteiger partial charge in [0.1, 0.15) is 28.9 Å². The number of H-pyrrole nitrogens is 1. The summed E-state index contributed by atoms with van der Waals surface area (Å²) >= 11 is 1.34. The van der Waals surface area contributed by atoms with E-state index in [1.54, 1.807) is 51.4 Å². The topological polar surface area (TPSA) is 138 Å². The van der Waals surface area contributed by atoms with Gasteiger partial charge >= 0.3 is 6.18 Å². The van der Waals surface area contributed by atoms with E-state index in [1.807, 2.05) is 11.4 Å². The van der Waals surface area contributed by atoms with Gasteiger partial charge in [-0.1, -0.05) is 45.2 Å². The molecule has 4 rings (SSSR count). The van der Waals surface area contributed by atoms with Gasteiger partial charge in [0, 0.05) is 23.0 Å². The maximum atomic E-state index is 12.7. The van der Waals surface area contributed by atoms with Crippen molar-refractivity contribution in [3.8, 4) is 11.4 Å². The number of fused-ring (bicyclic) bond motifs is 1. The van der Waals surface area contributed by atoms with Crippen LogP contribution in [0.5, 0.6) is 0 Å². The number of alkyl halides is 3. The Kier molecular flexibility index (Phi) is 8.61. The number of carbonyl (C=O) groups is 2. The third-order valence-corrected chi connectivity index (χ3v) is 6.54. The summed E-state index contributed by atoms with van der Waals surface area (Å²) in [5.74, 6) is -0.598. The van der Waals surface area contributed by atoms with Gasteiger partial charge in [-0.3, -0.25) is 9.59 Å². The minimum atomic E-state index is -4.53. The Morgan fingerprint density at radius 3 is 2.63 bits per heavy atom. The summed E-state index contributed by atoms with van der Waals surface area (Å²) in [5.41, 5.74) is 1.41. The third kappa shape index (κ3) is 7.81. The molecule has 2 amide bonds. The molecule has 0 saturated heterocycles. The van der Waals surface area contributed by atoms with Crippen LogP contribution < -0.4 is 16.0 Å². The molecule has 0 saturated carbocycles. The molecule has 214 valence electrons. The summed E-state index contributed by atoms with van der Waals surface area (Å²) in [6.45, 7) is 7.22. The molecule has 0 spiro atoms. The van der Waals surface area contributed by atoms with Crippen molar-refractivity contribution in [2.24, 2.45) is 5.41 Å². The van der Waals surface area contributed by atoms with Gasteiger partial charge in [0.05, 0.1) is 11.8 Å². The van der Waals surface area contributed by atoms with Crippen molar-refractivity contribution in [1.82, 2.24) is 30.2 Å². The van der Waals surface area contributed by atoms with Crippen LogP contribution in [0.15, 0.2) is 71.5 Å². The van der Waals surface area contributed by atoms with Crippen molar-refractivity contribution in [3.63, 3.8) is 0 Å². The molecule has 0 fully saturated rings. The maximum absolute atomic E-state index is 12.7. The zero-order valence-electron chi connectivity index (χ0n) is 22.3. The SMILES string of the molecule is C=CC(=O)Nc1cccc(Sc2cnc3[nH]cc(-c4nccc(NC(C(=O)NCC(F)(F)F)C(C)(C)C)n4)c3n2)c1. The molecule has 4 aromatic rings. The number of nitrogens with one attached hydrogen (secondary N) is 4. The molecule has 0 bridgehead atoms. The van der Waals surface area contributed by atoms with Crippen LogP contribution in [-0.4, -0.2) is 55.5 Å². The summed E-state index contributed by atoms with van der Waals surface area (Å²) < 4.78 is 38.0. The van der Waals surface area contributed by atoms with Gasteiger partial charge in [-0.2, -0.15) is 13.2 Å². The van der Waals surface area contributed by atoms with E-state index in [2.05, 4.69) is 37.1 Å². The predicted molar refractivity (Wildman–Crippen MR) is 150 cm³/mol. The van der Waals surface area contributed by atoms with Gasteiger partial charge in [0.15, 0.2) is 11.5 Å². The highest BCUT2D eigenvalue weighted by molar-refractivity contribution is 7.99. The minimum Gasteiger partial charge on any atom is -0.358 e. The number of nitrogens with zero attached hydrogens (tertiary/aromatic N) is 4. The second kappa shape index (κ2) is 12.0. The molecule has 1 unspecified atom stereocenters. The Hall–Kier alpha value is -4.46. The van der Waals surface area contributed by atoms with Crippen LogP contribution in [0, 0.1) is 5.41 Å². The zero-order valence-corrected chi connectivity index (χ0v) is 23.2. The van der Waals surface area contributed by atoms with Crippen LogP contribution in [0.25, 0.3) is 22.6 Å². The lowest BCUT2D eigenvalue weighted by Gasteiger charge is -2.31. The number of benzene rings is 1. The Balaban J connectivity index is 1.58. The largest absolute Gasteiger partial charge is 0.405 e. The molecule has 0 aliphatic rings. The molecule has 14 heteroatoms. The zero-order chi connectivity index (χ0) is 29.8. The van der Waals surface area contributed by atoms with Gasteiger partial charge in [-0.15, -0.1) is 0 Å². The Morgan fingerprint density at radius 2 is 1.93 bits per heavy atom. The number of hydrogen-bond acceptors (Lipinski definition) is 8. The molecule has 4 N–H and O–H groups in total. The Morgan fingerprint density at radius 1 is 1.15 bits per heavy atom. The quantitative estimate of drug-likeness (QED) is 0.197. The molecule has 0 aliphatic heterocycles. The summed E-state index contributed by atoms with van der Waals surface area (Å²) in [5, 5.41) is 8.18. The monoisotopic (exact) mass is 584 g/mol. The van der Waals surface area contributed by atoms with E-state index in [0.29, 0.717) is 27.4 Å². The molecular weight excluding hydrogens is 557 g/mol. The summed E-state index contributed by atoms with van der Waals surface area (Å²) in [6, 6.07) is 7.74. The molecule has 0 radical (unpaired) electrons. The van der Waals surface area contributed by atoms with Crippen molar-refractivity contribution in [3.05, 3.63) is 61.6 Å². The first kappa shape index (κ1) is 29.5. The number of aromatic nitrogens is 5. The first-order valence-electron chi connectivity index (χ1n) is 12.3. The number of carbonyl (C=O) groups excluding carboxylic acids is 2. The molecule has 1 aromatic carbocycles. The first-order valence-corrected chi connectivity index (χ1v) is 13.1. The fourth-order valence-electron chi connectivity index (χ4n) is 3.73. The normalized spacial score (nSPS) is 12.5. The van der Waals surface area contributed by atoms with Crippen LogP contribution in [0.1, 0.15) is 20.8 Å². The van der Waals surface area contributed by atoms with Crippen molar-refractivity contribution in [1.29, 1.82) is 0 Å². The van der Waals surface area contributed by atoms with Gasteiger partial charge in [-0.05, 0) is 35.8 Å². The predicted octanol–water partition coefficient (Wildman–Crippen LogP) is 5.20. The van der Waals surface area contributed by atoms with Crippen molar-refractivity contribution < 1.29 is 22.8 Å². The number of anilines is 2. The smallest absolute Gasteiger partial charge is 0.358 e. The molecule has 10 nitrogen and oxygen atoms in total. The molecule has 3 aromatic heterocycles. The van der Waals surface area contributed by atoms with Gasteiger partial charge < -0.3 is 20.9 Å². The number of halogens is 3. The minimum absolute atomic E-state index is 0.253.